The molecule has 2 amide bonds. The summed E-state index contributed by atoms with van der Waals surface area (Å²) < 4.78 is 0. The van der Waals surface area contributed by atoms with Crippen LogP contribution in [0.15, 0.2) is 60.3 Å². The van der Waals surface area contributed by atoms with Gasteiger partial charge in [-0.15, -0.1) is 0 Å². The van der Waals surface area contributed by atoms with Gasteiger partial charge in [0.1, 0.15) is 17.4 Å². The molecule has 0 heterocycles. The maximum Gasteiger partial charge on any atom is 0.270 e. The standard InChI is InChI=1S/C18H14ClN3O3/c19-14-6-7-16(23)15(9-14)21-11-13(10-20)18(25)22-17(24)8-12-4-2-1-3-5-12/h1-7,9,11,21,23H,8H2,(H,22,24,25)/b13-11-. The SMILES string of the molecule is N#C/C(=C/Nc1cc(Cl)ccc1O)C(=O)NC(=O)Cc1ccccc1. The molecule has 0 aliphatic rings. The Morgan fingerprint density at radius 1 is 1.20 bits per heavy atom. The lowest BCUT2D eigenvalue weighted by Gasteiger charge is -2.06. The molecule has 0 aliphatic carbocycles. The van der Waals surface area contributed by atoms with Gasteiger partial charge >= 0.3 is 0 Å². The molecule has 126 valence electrons. The number of nitrogens with one attached hydrogen (secondary N) is 2. The lowest BCUT2D eigenvalue weighted by molar-refractivity contribution is -0.127. The number of phenols is 1. The molecule has 0 aromatic heterocycles. The minimum atomic E-state index is -0.836. The summed E-state index contributed by atoms with van der Waals surface area (Å²) in [5, 5.41) is 23.9. The van der Waals surface area contributed by atoms with Gasteiger partial charge in [-0.1, -0.05) is 41.9 Å². The van der Waals surface area contributed by atoms with Crippen molar-refractivity contribution in [3.8, 4) is 11.8 Å². The van der Waals surface area contributed by atoms with Gasteiger partial charge in [-0.05, 0) is 23.8 Å². The van der Waals surface area contributed by atoms with Crippen LogP contribution in [0.5, 0.6) is 5.75 Å². The number of phenolic OH excluding ortho intramolecular Hbond substituents is 1. The Bertz CT molecular complexity index is 858. The van der Waals surface area contributed by atoms with E-state index in [4.69, 9.17) is 16.9 Å². The Kier molecular flexibility index (Phi) is 6.15. The molecule has 2 rings (SSSR count). The summed E-state index contributed by atoms with van der Waals surface area (Å²) in [7, 11) is 0. The number of benzene rings is 2. The first-order valence-corrected chi connectivity index (χ1v) is 7.61. The van der Waals surface area contributed by atoms with Crippen LogP contribution < -0.4 is 10.6 Å². The lowest BCUT2D eigenvalue weighted by Crippen LogP contribution is -2.32. The Balaban J connectivity index is 2.01. The van der Waals surface area contributed by atoms with E-state index >= 15 is 0 Å². The summed E-state index contributed by atoms with van der Waals surface area (Å²) in [4.78, 5) is 23.9. The summed E-state index contributed by atoms with van der Waals surface area (Å²) >= 11 is 5.81. The normalized spacial score (nSPS) is 10.6. The lowest BCUT2D eigenvalue weighted by atomic mass is 10.1. The molecule has 0 unspecified atom stereocenters. The maximum atomic E-state index is 12.0. The topological polar surface area (TPSA) is 102 Å². The summed E-state index contributed by atoms with van der Waals surface area (Å²) in [6.07, 6.45) is 1.12. The van der Waals surface area contributed by atoms with Crippen LogP contribution in [0.3, 0.4) is 0 Å². The van der Waals surface area contributed by atoms with Gasteiger partial charge in [0, 0.05) is 11.2 Å². The molecular weight excluding hydrogens is 342 g/mol. The van der Waals surface area contributed by atoms with E-state index in [0.29, 0.717) is 5.02 Å². The fraction of sp³-hybridized carbons (Fsp3) is 0.0556. The van der Waals surface area contributed by atoms with E-state index in [0.717, 1.165) is 11.8 Å². The van der Waals surface area contributed by atoms with E-state index in [1.165, 1.54) is 18.2 Å². The number of hydrogen-bond acceptors (Lipinski definition) is 5. The first-order valence-electron chi connectivity index (χ1n) is 7.23. The third-order valence-electron chi connectivity index (χ3n) is 3.16. The minimum absolute atomic E-state index is 0.0216. The van der Waals surface area contributed by atoms with Crippen LogP contribution in [0.4, 0.5) is 5.69 Å². The fourth-order valence-electron chi connectivity index (χ4n) is 1.94. The Hall–Kier alpha value is -3.30. The second-order valence-corrected chi connectivity index (χ2v) is 5.45. The zero-order valence-electron chi connectivity index (χ0n) is 13.0. The number of anilines is 1. The number of nitriles is 1. The fourth-order valence-corrected chi connectivity index (χ4v) is 2.11. The number of halogens is 1. The summed E-state index contributed by atoms with van der Waals surface area (Å²) in [6.45, 7) is 0. The van der Waals surface area contributed by atoms with Gasteiger partial charge in [0.05, 0.1) is 12.1 Å². The largest absolute Gasteiger partial charge is 0.506 e. The number of carbonyl (C=O) groups excluding carboxylic acids is 2. The molecule has 0 atom stereocenters. The molecule has 0 aliphatic heterocycles. The van der Waals surface area contributed by atoms with Crippen molar-refractivity contribution in [1.82, 2.24) is 5.32 Å². The van der Waals surface area contributed by atoms with Crippen molar-refractivity contribution in [3.63, 3.8) is 0 Å². The van der Waals surface area contributed by atoms with Crippen LogP contribution in [0.2, 0.25) is 5.02 Å². The third-order valence-corrected chi connectivity index (χ3v) is 3.39. The number of hydrogen-bond donors (Lipinski definition) is 3. The van der Waals surface area contributed by atoms with Crippen molar-refractivity contribution < 1.29 is 14.7 Å². The van der Waals surface area contributed by atoms with Crippen molar-refractivity contribution in [2.45, 2.75) is 6.42 Å². The number of aromatic hydroxyl groups is 1. The van der Waals surface area contributed by atoms with Gasteiger partial charge in [0.2, 0.25) is 5.91 Å². The van der Waals surface area contributed by atoms with Crippen molar-refractivity contribution in [3.05, 3.63) is 70.9 Å². The highest BCUT2D eigenvalue weighted by Crippen LogP contribution is 2.26. The maximum absolute atomic E-state index is 12.0. The first-order chi connectivity index (χ1) is 12.0. The van der Waals surface area contributed by atoms with Crippen LogP contribution in [-0.2, 0) is 16.0 Å². The second-order valence-electron chi connectivity index (χ2n) is 5.02. The zero-order chi connectivity index (χ0) is 18.2. The summed E-state index contributed by atoms with van der Waals surface area (Å²) in [5.41, 5.74) is 0.654. The molecule has 2 aromatic carbocycles. The molecule has 25 heavy (non-hydrogen) atoms. The Morgan fingerprint density at radius 2 is 1.92 bits per heavy atom. The minimum Gasteiger partial charge on any atom is -0.506 e. The van der Waals surface area contributed by atoms with Crippen molar-refractivity contribution in [1.29, 1.82) is 5.26 Å². The molecular formula is C18H14ClN3O3. The number of nitrogens with zero attached hydrogens (tertiary/aromatic N) is 1. The molecule has 2 aromatic rings. The molecule has 3 N–H and O–H groups in total. The van der Waals surface area contributed by atoms with E-state index < -0.39 is 11.8 Å². The molecule has 7 heteroatoms. The predicted octanol–water partition coefficient (Wildman–Crippen LogP) is 2.75. The summed E-state index contributed by atoms with van der Waals surface area (Å²) in [6, 6.07) is 14.9. The Morgan fingerprint density at radius 3 is 2.60 bits per heavy atom. The zero-order valence-corrected chi connectivity index (χ0v) is 13.7. The van der Waals surface area contributed by atoms with Crippen LogP contribution in [0.1, 0.15) is 5.56 Å². The van der Waals surface area contributed by atoms with Crippen molar-refractivity contribution >= 4 is 29.1 Å². The first kappa shape index (κ1) is 18.0. The van der Waals surface area contributed by atoms with Crippen LogP contribution in [0.25, 0.3) is 0 Å². The number of imide groups is 1. The van der Waals surface area contributed by atoms with Crippen molar-refractivity contribution in [2.24, 2.45) is 0 Å². The molecule has 6 nitrogen and oxygen atoms in total. The van der Waals surface area contributed by atoms with Gasteiger partial charge in [0.25, 0.3) is 5.91 Å². The van der Waals surface area contributed by atoms with Gasteiger partial charge in [-0.2, -0.15) is 5.26 Å². The van der Waals surface area contributed by atoms with Gasteiger partial charge in [-0.25, -0.2) is 0 Å². The van der Waals surface area contributed by atoms with Crippen molar-refractivity contribution in [2.75, 3.05) is 5.32 Å². The Labute approximate surface area is 149 Å². The number of rotatable bonds is 5. The van der Waals surface area contributed by atoms with Crippen LogP contribution in [0, 0.1) is 11.3 Å². The van der Waals surface area contributed by atoms with Crippen LogP contribution >= 0.6 is 11.6 Å². The molecule has 0 fully saturated rings. The number of carbonyl (C=O) groups is 2. The van der Waals surface area contributed by atoms with Crippen LogP contribution in [-0.4, -0.2) is 16.9 Å². The average Bonchev–Trinajstić information content (AvgIpc) is 2.59. The molecule has 0 radical (unpaired) electrons. The van der Waals surface area contributed by atoms with Gasteiger partial charge < -0.3 is 10.4 Å². The van der Waals surface area contributed by atoms with Gasteiger partial charge in [-0.3, -0.25) is 14.9 Å². The highest BCUT2D eigenvalue weighted by Gasteiger charge is 2.13. The highest BCUT2D eigenvalue weighted by atomic mass is 35.5. The second kappa shape index (κ2) is 8.52. The van der Waals surface area contributed by atoms with E-state index in [1.54, 1.807) is 30.3 Å². The molecule has 0 saturated carbocycles. The molecule has 0 saturated heterocycles. The summed E-state index contributed by atoms with van der Waals surface area (Å²) in [5.74, 6) is -1.46. The quantitative estimate of drug-likeness (QED) is 0.435. The predicted molar refractivity (Wildman–Crippen MR) is 93.7 cm³/mol. The highest BCUT2D eigenvalue weighted by molar-refractivity contribution is 6.30. The van der Waals surface area contributed by atoms with E-state index in [-0.39, 0.29) is 23.4 Å². The molecule has 0 spiro atoms. The van der Waals surface area contributed by atoms with E-state index in [9.17, 15) is 14.7 Å². The van der Waals surface area contributed by atoms with Gasteiger partial charge in [0.15, 0.2) is 0 Å². The third kappa shape index (κ3) is 5.37. The molecule has 0 bridgehead atoms. The van der Waals surface area contributed by atoms with E-state index in [2.05, 4.69) is 10.6 Å². The average molecular weight is 356 g/mol. The smallest absolute Gasteiger partial charge is 0.270 e. The monoisotopic (exact) mass is 355 g/mol. The number of amides is 2. The van der Waals surface area contributed by atoms with E-state index in [1.807, 2.05) is 6.07 Å².